The molecule has 1 heterocycles. The van der Waals surface area contributed by atoms with Crippen LogP contribution < -0.4 is 5.32 Å². The molecule has 0 bridgehead atoms. The highest BCUT2D eigenvalue weighted by Crippen LogP contribution is 2.52. The number of allylic oxidation sites excluding steroid dienone is 2. The average molecular weight is 376 g/mol. The van der Waals surface area contributed by atoms with Gasteiger partial charge in [-0.15, -0.1) is 0 Å². The Morgan fingerprint density at radius 3 is 2.62 bits per heavy atom. The molecule has 1 aliphatic carbocycles. The summed E-state index contributed by atoms with van der Waals surface area (Å²) >= 11 is 3.74. The Morgan fingerprint density at radius 1 is 0.875 bits per heavy atom. The normalized spacial score (nSPS) is 24.5. The molecular formula is C22H18BrN. The van der Waals surface area contributed by atoms with Crippen LogP contribution in [0.25, 0.3) is 10.8 Å². The van der Waals surface area contributed by atoms with Crippen molar-refractivity contribution in [3.63, 3.8) is 0 Å². The first-order valence-electron chi connectivity index (χ1n) is 8.52. The lowest BCUT2D eigenvalue weighted by Gasteiger charge is -2.38. The van der Waals surface area contributed by atoms with Gasteiger partial charge in [-0.05, 0) is 56.2 Å². The molecule has 118 valence electrons. The van der Waals surface area contributed by atoms with E-state index in [-0.39, 0.29) is 0 Å². The number of hydrogen-bond donors (Lipinski definition) is 1. The molecule has 24 heavy (non-hydrogen) atoms. The fourth-order valence-corrected chi connectivity index (χ4v) is 4.91. The van der Waals surface area contributed by atoms with Crippen LogP contribution in [0.1, 0.15) is 29.5 Å². The van der Waals surface area contributed by atoms with Crippen molar-refractivity contribution in [1.29, 1.82) is 0 Å². The number of fused-ring (bicyclic) bond motifs is 4. The predicted octanol–water partition coefficient (Wildman–Crippen LogP) is 6.43. The van der Waals surface area contributed by atoms with Gasteiger partial charge in [-0.2, -0.15) is 0 Å². The molecule has 0 unspecified atom stereocenters. The van der Waals surface area contributed by atoms with Crippen LogP contribution in [0.2, 0.25) is 0 Å². The van der Waals surface area contributed by atoms with Gasteiger partial charge in [0.25, 0.3) is 0 Å². The van der Waals surface area contributed by atoms with Crippen LogP contribution in [0.5, 0.6) is 0 Å². The van der Waals surface area contributed by atoms with Gasteiger partial charge < -0.3 is 5.32 Å². The Bertz CT molecular complexity index is 954. The maximum Gasteiger partial charge on any atom is 0.0560 e. The number of rotatable bonds is 1. The van der Waals surface area contributed by atoms with Gasteiger partial charge in [-0.1, -0.05) is 66.7 Å². The van der Waals surface area contributed by atoms with Gasteiger partial charge in [-0.25, -0.2) is 0 Å². The number of hydrogen-bond acceptors (Lipinski definition) is 1. The largest absolute Gasteiger partial charge is 0.377 e. The number of nitrogens with one attached hydrogen (secondary N) is 1. The maximum absolute atomic E-state index is 3.86. The third-order valence-corrected chi connectivity index (χ3v) is 6.17. The standard InChI is InChI=1S/C22H18BrN/c23-20-13-5-12-19-16-9-4-11-18(16)21(24-22(19)20)17-10-3-7-14-6-1-2-8-15(14)17/h1-10,12-13,16,18,21,24H,11H2/t16-,18+,21+/m0/s1. The van der Waals surface area contributed by atoms with Gasteiger partial charge in [0.05, 0.1) is 11.7 Å². The first-order chi connectivity index (χ1) is 11.8. The molecule has 2 aliphatic rings. The van der Waals surface area contributed by atoms with Gasteiger partial charge in [-0.3, -0.25) is 0 Å². The summed E-state index contributed by atoms with van der Waals surface area (Å²) in [6.07, 6.45) is 5.89. The van der Waals surface area contributed by atoms with E-state index >= 15 is 0 Å². The van der Waals surface area contributed by atoms with Crippen LogP contribution in [0.15, 0.2) is 77.3 Å². The van der Waals surface area contributed by atoms with Crippen LogP contribution in [0.3, 0.4) is 0 Å². The third-order valence-electron chi connectivity index (χ3n) is 5.50. The van der Waals surface area contributed by atoms with Gasteiger partial charge >= 0.3 is 0 Å². The van der Waals surface area contributed by atoms with Crippen molar-refractivity contribution in [2.75, 3.05) is 5.32 Å². The molecule has 3 atom stereocenters. The van der Waals surface area contributed by atoms with Crippen molar-refractivity contribution < 1.29 is 0 Å². The highest BCUT2D eigenvalue weighted by atomic mass is 79.9. The second-order valence-corrected chi connectivity index (χ2v) is 7.60. The van der Waals surface area contributed by atoms with Crippen LogP contribution in [0.4, 0.5) is 5.69 Å². The second-order valence-electron chi connectivity index (χ2n) is 6.75. The summed E-state index contributed by atoms with van der Waals surface area (Å²) in [5.41, 5.74) is 4.08. The molecule has 3 aromatic carbocycles. The van der Waals surface area contributed by atoms with Crippen molar-refractivity contribution in [3.05, 3.63) is 88.4 Å². The van der Waals surface area contributed by atoms with Gasteiger partial charge in [0, 0.05) is 10.4 Å². The summed E-state index contributed by atoms with van der Waals surface area (Å²) in [4.78, 5) is 0. The Kier molecular flexibility index (Phi) is 3.27. The highest BCUT2D eigenvalue weighted by molar-refractivity contribution is 9.10. The summed E-state index contributed by atoms with van der Waals surface area (Å²) in [7, 11) is 0. The minimum absolute atomic E-state index is 0.335. The highest BCUT2D eigenvalue weighted by Gasteiger charge is 2.38. The van der Waals surface area contributed by atoms with E-state index in [1.807, 2.05) is 0 Å². The second kappa shape index (κ2) is 5.49. The Hall–Kier alpha value is -2.06. The van der Waals surface area contributed by atoms with E-state index in [2.05, 4.69) is 94.1 Å². The molecule has 0 saturated heterocycles. The summed E-state index contributed by atoms with van der Waals surface area (Å²) < 4.78 is 1.16. The monoisotopic (exact) mass is 375 g/mol. The van der Waals surface area contributed by atoms with Gasteiger partial charge in [0.1, 0.15) is 0 Å². The first kappa shape index (κ1) is 14.3. The van der Waals surface area contributed by atoms with Crippen LogP contribution in [0, 0.1) is 5.92 Å². The van der Waals surface area contributed by atoms with Crippen LogP contribution in [-0.4, -0.2) is 0 Å². The molecule has 0 aromatic heterocycles. The zero-order valence-corrected chi connectivity index (χ0v) is 14.8. The van der Waals surface area contributed by atoms with Crippen molar-refractivity contribution in [2.45, 2.75) is 18.4 Å². The minimum atomic E-state index is 0.335. The molecule has 0 saturated carbocycles. The molecule has 0 fully saturated rings. The number of benzene rings is 3. The van der Waals surface area contributed by atoms with E-state index in [1.54, 1.807) is 0 Å². The SMILES string of the molecule is Brc1cccc2c1N[C@H](c1cccc3ccccc13)[C@@H]1CC=C[C@H]21. The van der Waals surface area contributed by atoms with Gasteiger partial charge in [0.15, 0.2) is 0 Å². The lowest BCUT2D eigenvalue weighted by Crippen LogP contribution is -2.29. The quantitative estimate of drug-likeness (QED) is 0.483. The van der Waals surface area contributed by atoms with E-state index in [1.165, 1.54) is 27.6 Å². The summed E-state index contributed by atoms with van der Waals surface area (Å²) in [6.45, 7) is 0. The fourth-order valence-electron chi connectivity index (χ4n) is 4.41. The van der Waals surface area contributed by atoms with Crippen molar-refractivity contribution in [2.24, 2.45) is 5.92 Å². The Morgan fingerprint density at radius 2 is 1.67 bits per heavy atom. The summed E-state index contributed by atoms with van der Waals surface area (Å²) in [5, 5.41) is 6.53. The van der Waals surface area contributed by atoms with Crippen LogP contribution >= 0.6 is 15.9 Å². The number of anilines is 1. The van der Waals surface area contributed by atoms with E-state index in [9.17, 15) is 0 Å². The molecular weight excluding hydrogens is 358 g/mol. The minimum Gasteiger partial charge on any atom is -0.377 e. The predicted molar refractivity (Wildman–Crippen MR) is 104 cm³/mol. The molecule has 1 nitrogen and oxygen atoms in total. The van der Waals surface area contributed by atoms with Crippen molar-refractivity contribution >= 4 is 32.4 Å². The molecule has 0 radical (unpaired) electrons. The lowest BCUT2D eigenvalue weighted by atomic mass is 9.76. The molecule has 2 heteroatoms. The Balaban J connectivity index is 1.70. The molecule has 1 aliphatic heterocycles. The third kappa shape index (κ3) is 2.06. The zero-order valence-electron chi connectivity index (χ0n) is 13.2. The molecule has 0 amide bonds. The molecule has 1 N–H and O–H groups in total. The smallest absolute Gasteiger partial charge is 0.0560 e. The average Bonchev–Trinajstić information content (AvgIpc) is 3.11. The molecule has 0 spiro atoms. The maximum atomic E-state index is 3.86. The van der Waals surface area contributed by atoms with Gasteiger partial charge in [0.2, 0.25) is 0 Å². The molecule has 5 rings (SSSR count). The lowest BCUT2D eigenvalue weighted by molar-refractivity contribution is 0.427. The van der Waals surface area contributed by atoms with Crippen LogP contribution in [-0.2, 0) is 0 Å². The summed E-state index contributed by atoms with van der Waals surface area (Å²) in [5.74, 6) is 1.08. The number of para-hydroxylation sites is 1. The zero-order chi connectivity index (χ0) is 16.1. The fraction of sp³-hybridized carbons (Fsp3) is 0.182. The Labute approximate surface area is 150 Å². The van der Waals surface area contributed by atoms with E-state index < -0.39 is 0 Å². The molecule has 3 aromatic rings. The topological polar surface area (TPSA) is 12.0 Å². The number of halogens is 1. The van der Waals surface area contributed by atoms with E-state index in [0.717, 1.165) is 10.9 Å². The first-order valence-corrected chi connectivity index (χ1v) is 9.31. The summed E-state index contributed by atoms with van der Waals surface area (Å²) in [6, 6.07) is 22.3. The van der Waals surface area contributed by atoms with Crippen molar-refractivity contribution in [3.8, 4) is 0 Å². The van der Waals surface area contributed by atoms with Crippen molar-refractivity contribution in [1.82, 2.24) is 0 Å². The van der Waals surface area contributed by atoms with E-state index in [0.29, 0.717) is 17.9 Å². The van der Waals surface area contributed by atoms with E-state index in [4.69, 9.17) is 0 Å².